The van der Waals surface area contributed by atoms with Gasteiger partial charge in [0.25, 0.3) is 0 Å². The molecule has 0 aliphatic rings. The third-order valence-corrected chi connectivity index (χ3v) is 2.42. The monoisotopic (exact) mass is 279 g/mol. The number of hydrogen-bond acceptors (Lipinski definition) is 4. The minimum Gasteiger partial charge on any atom is -0.506 e. The number of halogens is 1. The van der Waals surface area contributed by atoms with Gasteiger partial charge < -0.3 is 10.4 Å². The number of phenols is 1. The number of benzene rings is 1. The van der Waals surface area contributed by atoms with Crippen LogP contribution in [0.5, 0.6) is 5.75 Å². The highest BCUT2D eigenvalue weighted by molar-refractivity contribution is 9.10. The fourth-order valence-corrected chi connectivity index (χ4v) is 1.43. The summed E-state index contributed by atoms with van der Waals surface area (Å²) in [5.41, 5.74) is 0.675. The Hall–Kier alpha value is -1.62. The molecule has 0 atom stereocenters. The van der Waals surface area contributed by atoms with Gasteiger partial charge in [0.15, 0.2) is 0 Å². The molecule has 1 heterocycles. The molecular formula is C11H10BrN3O. The van der Waals surface area contributed by atoms with Gasteiger partial charge in [-0.25, -0.2) is 9.97 Å². The molecule has 0 fully saturated rings. The quantitative estimate of drug-likeness (QED) is 0.848. The lowest BCUT2D eigenvalue weighted by atomic mass is 10.3. The first-order valence-electron chi connectivity index (χ1n) is 4.74. The molecular weight excluding hydrogens is 270 g/mol. The van der Waals surface area contributed by atoms with Crippen LogP contribution in [0.2, 0.25) is 0 Å². The number of rotatable bonds is 3. The number of para-hydroxylation sites is 2. The highest BCUT2D eigenvalue weighted by Gasteiger charge is 2.00. The van der Waals surface area contributed by atoms with Gasteiger partial charge >= 0.3 is 0 Å². The second-order valence-corrected chi connectivity index (χ2v) is 4.10. The molecule has 1 aromatic carbocycles. The van der Waals surface area contributed by atoms with Gasteiger partial charge in [0.1, 0.15) is 11.6 Å². The molecule has 0 unspecified atom stereocenters. The summed E-state index contributed by atoms with van der Waals surface area (Å²) < 4.78 is 0.846. The highest BCUT2D eigenvalue weighted by atomic mass is 79.9. The maximum Gasteiger partial charge on any atom is 0.147 e. The summed E-state index contributed by atoms with van der Waals surface area (Å²) in [6, 6.07) is 7.06. The van der Waals surface area contributed by atoms with E-state index in [2.05, 4.69) is 31.2 Å². The van der Waals surface area contributed by atoms with E-state index in [-0.39, 0.29) is 5.75 Å². The van der Waals surface area contributed by atoms with Gasteiger partial charge in [0, 0.05) is 12.4 Å². The van der Waals surface area contributed by atoms with Gasteiger partial charge in [-0.05, 0) is 28.1 Å². The fraction of sp³-hybridized carbons (Fsp3) is 0.0909. The first kappa shape index (κ1) is 10.9. The number of nitrogens with one attached hydrogen (secondary N) is 1. The highest BCUT2D eigenvalue weighted by Crippen LogP contribution is 2.21. The molecule has 2 rings (SSSR count). The van der Waals surface area contributed by atoms with Gasteiger partial charge in [-0.3, -0.25) is 0 Å². The van der Waals surface area contributed by atoms with Crippen LogP contribution < -0.4 is 5.32 Å². The standard InChI is InChI=1S/C11H10BrN3O/c12-8-5-14-11(15-6-8)7-13-9-3-1-2-4-10(9)16/h1-6,13,16H,7H2. The van der Waals surface area contributed by atoms with E-state index in [4.69, 9.17) is 0 Å². The Labute approximate surface area is 102 Å². The lowest BCUT2D eigenvalue weighted by molar-refractivity contribution is 0.477. The van der Waals surface area contributed by atoms with E-state index in [1.54, 1.807) is 30.6 Å². The third kappa shape index (κ3) is 2.70. The molecule has 4 nitrogen and oxygen atoms in total. The van der Waals surface area contributed by atoms with Crippen molar-refractivity contribution < 1.29 is 5.11 Å². The Morgan fingerprint density at radius 3 is 2.56 bits per heavy atom. The molecule has 5 heteroatoms. The van der Waals surface area contributed by atoms with Crippen molar-refractivity contribution in [1.29, 1.82) is 0 Å². The number of aromatic hydroxyl groups is 1. The molecule has 0 radical (unpaired) electrons. The van der Waals surface area contributed by atoms with E-state index < -0.39 is 0 Å². The molecule has 2 aromatic rings. The first-order chi connectivity index (χ1) is 7.75. The topological polar surface area (TPSA) is 58.0 Å². The summed E-state index contributed by atoms with van der Waals surface area (Å²) in [6.45, 7) is 0.477. The number of phenolic OH excluding ortho intramolecular Hbond substituents is 1. The van der Waals surface area contributed by atoms with Crippen molar-refractivity contribution in [3.05, 3.63) is 47.0 Å². The summed E-state index contributed by atoms with van der Waals surface area (Å²) in [6.07, 6.45) is 3.38. The molecule has 16 heavy (non-hydrogen) atoms. The van der Waals surface area contributed by atoms with Crippen molar-refractivity contribution in [2.75, 3.05) is 5.32 Å². The van der Waals surface area contributed by atoms with Crippen molar-refractivity contribution >= 4 is 21.6 Å². The number of nitrogens with zero attached hydrogens (tertiary/aromatic N) is 2. The molecule has 0 bridgehead atoms. The van der Waals surface area contributed by atoms with Crippen LogP contribution in [0.1, 0.15) is 5.82 Å². The Bertz CT molecular complexity index is 473. The smallest absolute Gasteiger partial charge is 0.147 e. The van der Waals surface area contributed by atoms with E-state index in [9.17, 15) is 5.11 Å². The molecule has 82 valence electrons. The van der Waals surface area contributed by atoms with Gasteiger partial charge in [-0.1, -0.05) is 12.1 Å². The van der Waals surface area contributed by atoms with Crippen LogP contribution in [-0.4, -0.2) is 15.1 Å². The molecule has 1 aromatic heterocycles. The van der Waals surface area contributed by atoms with Gasteiger partial charge in [0.05, 0.1) is 16.7 Å². The van der Waals surface area contributed by atoms with E-state index in [0.29, 0.717) is 18.1 Å². The normalized spacial score (nSPS) is 10.1. The van der Waals surface area contributed by atoms with Crippen molar-refractivity contribution in [2.45, 2.75) is 6.54 Å². The van der Waals surface area contributed by atoms with E-state index in [0.717, 1.165) is 4.47 Å². The van der Waals surface area contributed by atoms with Crippen molar-refractivity contribution in [3.8, 4) is 5.75 Å². The van der Waals surface area contributed by atoms with Crippen LogP contribution in [0.3, 0.4) is 0 Å². The lowest BCUT2D eigenvalue weighted by Gasteiger charge is -2.06. The van der Waals surface area contributed by atoms with Crippen molar-refractivity contribution in [2.24, 2.45) is 0 Å². The van der Waals surface area contributed by atoms with Crippen LogP contribution in [0.25, 0.3) is 0 Å². The van der Waals surface area contributed by atoms with Crippen LogP contribution in [0, 0.1) is 0 Å². The Morgan fingerprint density at radius 2 is 1.88 bits per heavy atom. The Morgan fingerprint density at radius 1 is 1.19 bits per heavy atom. The average Bonchev–Trinajstić information content (AvgIpc) is 2.30. The fourth-order valence-electron chi connectivity index (χ4n) is 1.23. The van der Waals surface area contributed by atoms with Gasteiger partial charge in [0.2, 0.25) is 0 Å². The zero-order chi connectivity index (χ0) is 11.4. The summed E-state index contributed by atoms with van der Waals surface area (Å²) in [5.74, 6) is 0.895. The maximum atomic E-state index is 9.52. The average molecular weight is 280 g/mol. The minimum absolute atomic E-state index is 0.222. The van der Waals surface area contributed by atoms with E-state index >= 15 is 0 Å². The van der Waals surface area contributed by atoms with Crippen LogP contribution in [0.15, 0.2) is 41.1 Å². The molecule has 0 aliphatic heterocycles. The first-order valence-corrected chi connectivity index (χ1v) is 5.53. The van der Waals surface area contributed by atoms with E-state index in [1.807, 2.05) is 6.07 Å². The van der Waals surface area contributed by atoms with Crippen molar-refractivity contribution in [1.82, 2.24) is 9.97 Å². The summed E-state index contributed by atoms with van der Waals surface area (Å²) >= 11 is 3.27. The van der Waals surface area contributed by atoms with Gasteiger partial charge in [-0.2, -0.15) is 0 Å². The minimum atomic E-state index is 0.222. The van der Waals surface area contributed by atoms with Crippen molar-refractivity contribution in [3.63, 3.8) is 0 Å². The number of hydrogen-bond donors (Lipinski definition) is 2. The number of anilines is 1. The van der Waals surface area contributed by atoms with Gasteiger partial charge in [-0.15, -0.1) is 0 Å². The SMILES string of the molecule is Oc1ccccc1NCc1ncc(Br)cn1. The predicted molar refractivity (Wildman–Crippen MR) is 65.2 cm³/mol. The zero-order valence-corrected chi connectivity index (χ0v) is 9.98. The Balaban J connectivity index is 2.02. The Kier molecular flexibility index (Phi) is 3.36. The largest absolute Gasteiger partial charge is 0.506 e. The van der Waals surface area contributed by atoms with Crippen LogP contribution >= 0.6 is 15.9 Å². The van der Waals surface area contributed by atoms with E-state index in [1.165, 1.54) is 0 Å². The molecule has 0 spiro atoms. The second kappa shape index (κ2) is 4.94. The lowest BCUT2D eigenvalue weighted by Crippen LogP contribution is -2.03. The number of aromatic nitrogens is 2. The molecule has 0 saturated carbocycles. The molecule has 0 saturated heterocycles. The third-order valence-electron chi connectivity index (χ3n) is 2.01. The maximum absolute atomic E-state index is 9.52. The summed E-state index contributed by atoms with van der Waals surface area (Å²) in [5, 5.41) is 12.6. The molecule has 0 amide bonds. The zero-order valence-electron chi connectivity index (χ0n) is 8.39. The molecule has 2 N–H and O–H groups in total. The second-order valence-electron chi connectivity index (χ2n) is 3.19. The van der Waals surface area contributed by atoms with Crippen LogP contribution in [0.4, 0.5) is 5.69 Å². The molecule has 0 aliphatic carbocycles. The summed E-state index contributed by atoms with van der Waals surface area (Å²) in [4.78, 5) is 8.24. The summed E-state index contributed by atoms with van der Waals surface area (Å²) in [7, 11) is 0. The van der Waals surface area contributed by atoms with Crippen LogP contribution in [-0.2, 0) is 6.54 Å². The predicted octanol–water partition coefficient (Wildman–Crippen LogP) is 2.56.